The first-order valence-electron chi connectivity index (χ1n) is 9.21. The number of hydrogen-bond acceptors (Lipinski definition) is 4. The van der Waals surface area contributed by atoms with Crippen molar-refractivity contribution in [2.75, 3.05) is 18.6 Å². The lowest BCUT2D eigenvalue weighted by molar-refractivity contribution is -0.164. The summed E-state index contributed by atoms with van der Waals surface area (Å²) in [7, 11) is 1.75. The average molecular weight is 365 g/mol. The van der Waals surface area contributed by atoms with Gasteiger partial charge in [0.1, 0.15) is 5.41 Å². The van der Waals surface area contributed by atoms with Gasteiger partial charge in [-0.25, -0.2) is 4.79 Å². The highest BCUT2D eigenvalue weighted by atomic mass is 16.6. The van der Waals surface area contributed by atoms with Crippen LogP contribution >= 0.6 is 0 Å². The number of hydrogen-bond donors (Lipinski definition) is 0. The monoisotopic (exact) mass is 365 g/mol. The van der Waals surface area contributed by atoms with Gasteiger partial charge in [-0.2, -0.15) is 0 Å². The Morgan fingerprint density at radius 3 is 2.56 bits per heavy atom. The molecule has 1 fully saturated rings. The van der Waals surface area contributed by atoms with Crippen molar-refractivity contribution in [3.8, 4) is 0 Å². The van der Waals surface area contributed by atoms with Gasteiger partial charge in [-0.3, -0.25) is 4.79 Å². The minimum absolute atomic E-state index is 0.124. The second kappa shape index (κ2) is 6.20. The van der Waals surface area contributed by atoms with Crippen molar-refractivity contribution >= 4 is 17.6 Å². The van der Waals surface area contributed by atoms with E-state index in [4.69, 9.17) is 9.47 Å². The Balaban J connectivity index is 1.90. The summed E-state index contributed by atoms with van der Waals surface area (Å²) in [5.41, 5.74) is 0.735. The molecule has 1 amide bonds. The predicted molar refractivity (Wildman–Crippen MR) is 101 cm³/mol. The van der Waals surface area contributed by atoms with Crippen LogP contribution in [0, 0.1) is 0 Å². The second-order valence-corrected chi connectivity index (χ2v) is 7.38. The Hall–Kier alpha value is -2.66. The molecule has 2 heterocycles. The largest absolute Gasteiger partial charge is 0.464 e. The number of carbonyl (C=O) groups is 2. The van der Waals surface area contributed by atoms with Crippen molar-refractivity contribution in [1.82, 2.24) is 0 Å². The number of amides is 1. The van der Waals surface area contributed by atoms with Crippen molar-refractivity contribution in [3.05, 3.63) is 65.7 Å². The molecule has 0 aromatic heterocycles. The SMILES string of the molecule is CCOC(=O)[C@@H]1O[C@](C)(c2ccccc2)CC12C(=O)N(C)c1ccccc12. The van der Waals surface area contributed by atoms with Gasteiger partial charge in [0.05, 0.1) is 12.2 Å². The molecule has 1 saturated heterocycles. The standard InChI is InChI=1S/C22H23NO4/c1-4-26-19(24)18-22(14-21(2,27-18)15-10-6-5-7-11-15)16-12-8-9-13-17(16)23(3)20(22)25/h5-13,18H,4,14H2,1-3H3/t18-,21-,22?/m0/s1. The number of rotatable bonds is 3. The molecule has 0 N–H and O–H groups in total. The highest BCUT2D eigenvalue weighted by Gasteiger charge is 2.66. The van der Waals surface area contributed by atoms with E-state index in [0.717, 1.165) is 16.8 Å². The van der Waals surface area contributed by atoms with Crippen LogP contribution in [0.1, 0.15) is 31.4 Å². The fourth-order valence-corrected chi connectivity index (χ4v) is 4.55. The molecule has 3 atom stereocenters. The molecule has 1 unspecified atom stereocenters. The molecule has 0 saturated carbocycles. The third-order valence-corrected chi connectivity index (χ3v) is 5.76. The van der Waals surface area contributed by atoms with Crippen molar-refractivity contribution in [1.29, 1.82) is 0 Å². The Bertz CT molecular complexity index is 896. The number of carbonyl (C=O) groups excluding carboxylic acids is 2. The Kier molecular flexibility index (Phi) is 4.07. The van der Waals surface area contributed by atoms with Crippen LogP contribution in [0.25, 0.3) is 0 Å². The number of anilines is 1. The summed E-state index contributed by atoms with van der Waals surface area (Å²) in [6.45, 7) is 3.94. The summed E-state index contributed by atoms with van der Waals surface area (Å²) in [5, 5.41) is 0. The second-order valence-electron chi connectivity index (χ2n) is 7.38. The number of nitrogens with zero attached hydrogens (tertiary/aromatic N) is 1. The number of ether oxygens (including phenoxy) is 2. The number of esters is 1. The lowest BCUT2D eigenvalue weighted by atomic mass is 9.71. The Morgan fingerprint density at radius 2 is 1.85 bits per heavy atom. The van der Waals surface area contributed by atoms with Crippen LogP contribution in [0.5, 0.6) is 0 Å². The first-order chi connectivity index (χ1) is 12.9. The number of para-hydroxylation sites is 1. The van der Waals surface area contributed by atoms with E-state index in [9.17, 15) is 9.59 Å². The molecule has 2 aliphatic rings. The fraction of sp³-hybridized carbons (Fsp3) is 0.364. The summed E-state index contributed by atoms with van der Waals surface area (Å²) in [6.07, 6.45) is -0.602. The molecular formula is C22H23NO4. The van der Waals surface area contributed by atoms with E-state index in [1.54, 1.807) is 18.9 Å². The molecule has 0 radical (unpaired) electrons. The average Bonchev–Trinajstić information content (AvgIpc) is 3.13. The van der Waals surface area contributed by atoms with Crippen molar-refractivity contribution in [3.63, 3.8) is 0 Å². The quantitative estimate of drug-likeness (QED) is 0.784. The molecule has 0 bridgehead atoms. The molecule has 2 aromatic carbocycles. The van der Waals surface area contributed by atoms with Gasteiger partial charge in [0.15, 0.2) is 6.10 Å². The van der Waals surface area contributed by atoms with Gasteiger partial charge >= 0.3 is 5.97 Å². The lowest BCUT2D eigenvalue weighted by Crippen LogP contribution is -2.49. The molecule has 140 valence electrons. The molecule has 2 aliphatic heterocycles. The zero-order valence-corrected chi connectivity index (χ0v) is 15.8. The fourth-order valence-electron chi connectivity index (χ4n) is 4.55. The summed E-state index contributed by atoms with van der Waals surface area (Å²) in [6, 6.07) is 17.4. The van der Waals surface area contributed by atoms with Crippen LogP contribution in [0.3, 0.4) is 0 Å². The zero-order valence-electron chi connectivity index (χ0n) is 15.8. The van der Waals surface area contributed by atoms with Gasteiger partial charge in [-0.1, -0.05) is 48.5 Å². The maximum absolute atomic E-state index is 13.5. The van der Waals surface area contributed by atoms with E-state index in [0.29, 0.717) is 6.42 Å². The molecule has 0 aliphatic carbocycles. The van der Waals surface area contributed by atoms with Crippen molar-refractivity contribution in [2.45, 2.75) is 37.4 Å². The number of benzene rings is 2. The number of likely N-dealkylation sites (N-methyl/N-ethyl adjacent to an activating group) is 1. The van der Waals surface area contributed by atoms with Crippen LogP contribution in [0.4, 0.5) is 5.69 Å². The molecule has 4 rings (SSSR count). The van der Waals surface area contributed by atoms with Gasteiger partial charge in [-0.15, -0.1) is 0 Å². The van der Waals surface area contributed by atoms with E-state index in [1.165, 1.54) is 0 Å². The summed E-state index contributed by atoms with van der Waals surface area (Å²) >= 11 is 0. The van der Waals surface area contributed by atoms with Crippen LogP contribution in [-0.2, 0) is 30.1 Å². The Labute approximate surface area is 158 Å². The van der Waals surface area contributed by atoms with E-state index < -0.39 is 23.1 Å². The van der Waals surface area contributed by atoms with Crippen LogP contribution in [0.2, 0.25) is 0 Å². The molecule has 5 heteroatoms. The molecular weight excluding hydrogens is 342 g/mol. The zero-order chi connectivity index (χ0) is 19.2. The number of fused-ring (bicyclic) bond motifs is 2. The van der Waals surface area contributed by atoms with Crippen molar-refractivity contribution < 1.29 is 19.1 Å². The van der Waals surface area contributed by atoms with Gasteiger partial charge in [0, 0.05) is 19.2 Å². The van der Waals surface area contributed by atoms with E-state index in [1.807, 2.05) is 61.5 Å². The highest BCUT2D eigenvalue weighted by molar-refractivity contribution is 6.11. The van der Waals surface area contributed by atoms with E-state index >= 15 is 0 Å². The predicted octanol–water partition coefficient (Wildman–Crippen LogP) is 3.17. The van der Waals surface area contributed by atoms with Crippen LogP contribution < -0.4 is 4.90 Å². The van der Waals surface area contributed by atoms with Crippen LogP contribution in [0.15, 0.2) is 54.6 Å². The lowest BCUT2D eigenvalue weighted by Gasteiger charge is -2.27. The van der Waals surface area contributed by atoms with Gasteiger partial charge in [0.2, 0.25) is 5.91 Å². The first kappa shape index (κ1) is 17.7. The minimum atomic E-state index is -1.08. The highest BCUT2D eigenvalue weighted by Crippen LogP contribution is 2.57. The summed E-state index contributed by atoms with van der Waals surface area (Å²) < 4.78 is 11.6. The third-order valence-electron chi connectivity index (χ3n) is 5.76. The van der Waals surface area contributed by atoms with Gasteiger partial charge in [0.25, 0.3) is 0 Å². The Morgan fingerprint density at radius 1 is 1.19 bits per heavy atom. The maximum atomic E-state index is 13.5. The molecule has 2 aromatic rings. The summed E-state index contributed by atoms with van der Waals surface area (Å²) in [4.78, 5) is 28.0. The molecule has 5 nitrogen and oxygen atoms in total. The molecule has 1 spiro atoms. The maximum Gasteiger partial charge on any atom is 0.336 e. The topological polar surface area (TPSA) is 55.8 Å². The smallest absolute Gasteiger partial charge is 0.336 e. The minimum Gasteiger partial charge on any atom is -0.464 e. The first-order valence-corrected chi connectivity index (χ1v) is 9.21. The normalized spacial score (nSPS) is 29.2. The van der Waals surface area contributed by atoms with Crippen LogP contribution in [-0.4, -0.2) is 31.6 Å². The third kappa shape index (κ3) is 2.42. The molecule has 27 heavy (non-hydrogen) atoms. The van der Waals surface area contributed by atoms with Gasteiger partial charge < -0.3 is 14.4 Å². The summed E-state index contributed by atoms with van der Waals surface area (Å²) in [5.74, 6) is -0.614. The van der Waals surface area contributed by atoms with Gasteiger partial charge in [-0.05, 0) is 31.0 Å². The van der Waals surface area contributed by atoms with E-state index in [2.05, 4.69) is 0 Å². The van der Waals surface area contributed by atoms with E-state index in [-0.39, 0.29) is 12.5 Å². The van der Waals surface area contributed by atoms with Crippen molar-refractivity contribution in [2.24, 2.45) is 0 Å².